The molecule has 36 heavy (non-hydrogen) atoms. The smallest absolute Gasteiger partial charge is 0.330 e. The van der Waals surface area contributed by atoms with Crippen molar-refractivity contribution in [2.45, 2.75) is 66.0 Å². The molecule has 0 aliphatic carbocycles. The van der Waals surface area contributed by atoms with Crippen LogP contribution in [-0.2, 0) is 23.9 Å². The summed E-state index contributed by atoms with van der Waals surface area (Å²) in [6, 6.07) is 0.0673. The summed E-state index contributed by atoms with van der Waals surface area (Å²) in [6.07, 6.45) is 3.58. The highest BCUT2D eigenvalue weighted by Gasteiger charge is 2.31. The molecule has 0 radical (unpaired) electrons. The molecule has 1 saturated heterocycles. The lowest BCUT2D eigenvalue weighted by molar-refractivity contribution is -0.137. The van der Waals surface area contributed by atoms with Crippen LogP contribution >= 0.6 is 0 Å². The van der Waals surface area contributed by atoms with Crippen LogP contribution in [0.25, 0.3) is 0 Å². The van der Waals surface area contributed by atoms with E-state index in [4.69, 9.17) is 9.26 Å². The number of amides is 3. The zero-order valence-corrected chi connectivity index (χ0v) is 21.5. The second-order valence-electron chi connectivity index (χ2n) is 9.33. The van der Waals surface area contributed by atoms with Crippen molar-refractivity contribution in [3.05, 3.63) is 29.7 Å². The molecule has 0 saturated carbocycles. The Kier molecular flexibility index (Phi) is 10.8. The van der Waals surface area contributed by atoms with Crippen LogP contribution in [0.3, 0.4) is 0 Å². The standard InChI is InChI=1S/C25H36N4O7/c1-6-35-21(31)8-7-18(13-17-9-10-26-24(17)33)27-23(32)15(4)11-20(30)22(14(2)3)28-25(34)19-12-16(5)36-29-19/h7-8,12,14-15,17-18,22H,6,9-11,13H2,1-5H3,(H,26,33)(H,27,32)(H,28,34)/b8-7+/t15-,17?,18-,22+/m1/s1. The fraction of sp³-hybridized carbons (Fsp3) is 0.600. The molecule has 1 fully saturated rings. The first kappa shape index (κ1) is 28.7. The summed E-state index contributed by atoms with van der Waals surface area (Å²) in [7, 11) is 0. The summed E-state index contributed by atoms with van der Waals surface area (Å²) in [6.45, 7) is 9.33. The van der Waals surface area contributed by atoms with Crippen molar-refractivity contribution in [2.24, 2.45) is 17.8 Å². The third-order valence-corrected chi connectivity index (χ3v) is 5.90. The third kappa shape index (κ3) is 8.62. The van der Waals surface area contributed by atoms with E-state index in [0.29, 0.717) is 25.1 Å². The van der Waals surface area contributed by atoms with Crippen molar-refractivity contribution >= 4 is 29.5 Å². The van der Waals surface area contributed by atoms with Crippen LogP contribution in [0, 0.1) is 24.7 Å². The molecule has 198 valence electrons. The molecule has 3 N–H and O–H groups in total. The number of aryl methyl sites for hydroxylation is 1. The average Bonchev–Trinajstić information content (AvgIpc) is 3.43. The van der Waals surface area contributed by atoms with Gasteiger partial charge in [-0.25, -0.2) is 4.79 Å². The van der Waals surface area contributed by atoms with Gasteiger partial charge >= 0.3 is 5.97 Å². The highest BCUT2D eigenvalue weighted by atomic mass is 16.5. The maximum Gasteiger partial charge on any atom is 0.330 e. The number of ether oxygens (including phenoxy) is 1. The number of nitrogens with zero attached hydrogens (tertiary/aromatic N) is 1. The van der Waals surface area contributed by atoms with Crippen LogP contribution in [-0.4, -0.2) is 59.9 Å². The maximum atomic E-state index is 13.0. The zero-order valence-electron chi connectivity index (χ0n) is 21.5. The summed E-state index contributed by atoms with van der Waals surface area (Å²) in [5, 5.41) is 11.9. The van der Waals surface area contributed by atoms with Gasteiger partial charge in [-0.3, -0.25) is 19.2 Å². The first-order valence-electron chi connectivity index (χ1n) is 12.2. The minimum atomic E-state index is -0.813. The van der Waals surface area contributed by atoms with E-state index in [9.17, 15) is 24.0 Å². The number of hydrogen-bond donors (Lipinski definition) is 3. The van der Waals surface area contributed by atoms with Crippen LogP contribution < -0.4 is 16.0 Å². The van der Waals surface area contributed by atoms with E-state index in [1.54, 1.807) is 34.6 Å². The second-order valence-corrected chi connectivity index (χ2v) is 9.33. The molecule has 1 aliphatic rings. The number of nitrogens with one attached hydrogen (secondary N) is 3. The Hall–Kier alpha value is -3.50. The molecular formula is C25H36N4O7. The maximum absolute atomic E-state index is 13.0. The molecule has 1 aromatic rings. The van der Waals surface area contributed by atoms with Gasteiger partial charge in [0.05, 0.1) is 12.6 Å². The van der Waals surface area contributed by atoms with Crippen molar-refractivity contribution in [1.29, 1.82) is 0 Å². The summed E-state index contributed by atoms with van der Waals surface area (Å²) in [4.78, 5) is 62.2. The predicted octanol–water partition coefficient (Wildman–Crippen LogP) is 1.46. The molecule has 1 aliphatic heterocycles. The molecule has 2 heterocycles. The molecule has 2 rings (SSSR count). The van der Waals surface area contributed by atoms with Gasteiger partial charge in [-0.2, -0.15) is 0 Å². The van der Waals surface area contributed by atoms with Crippen LogP contribution in [0.2, 0.25) is 0 Å². The first-order chi connectivity index (χ1) is 17.0. The molecule has 0 aromatic carbocycles. The molecular weight excluding hydrogens is 468 g/mol. The monoisotopic (exact) mass is 504 g/mol. The molecule has 4 atom stereocenters. The SMILES string of the molecule is CCOC(=O)/C=C/[C@H](CC1CCNC1=O)NC(=O)[C@H](C)CC(=O)[C@@H](NC(=O)c1cc(C)on1)C(C)C. The van der Waals surface area contributed by atoms with Crippen molar-refractivity contribution in [3.63, 3.8) is 0 Å². The average molecular weight is 505 g/mol. The number of carbonyl (C=O) groups excluding carboxylic acids is 5. The van der Waals surface area contributed by atoms with Crippen LogP contribution in [0.15, 0.2) is 22.7 Å². The van der Waals surface area contributed by atoms with Gasteiger partial charge in [0.2, 0.25) is 11.8 Å². The predicted molar refractivity (Wildman–Crippen MR) is 130 cm³/mol. The van der Waals surface area contributed by atoms with Gasteiger partial charge < -0.3 is 25.2 Å². The topological polar surface area (TPSA) is 157 Å². The fourth-order valence-corrected chi connectivity index (χ4v) is 3.90. The van der Waals surface area contributed by atoms with Gasteiger partial charge in [0.25, 0.3) is 5.91 Å². The summed E-state index contributed by atoms with van der Waals surface area (Å²) < 4.78 is 9.81. The lowest BCUT2D eigenvalue weighted by Gasteiger charge is -2.23. The van der Waals surface area contributed by atoms with Gasteiger partial charge in [-0.1, -0.05) is 32.0 Å². The molecule has 11 nitrogen and oxygen atoms in total. The minimum Gasteiger partial charge on any atom is -0.463 e. The van der Waals surface area contributed by atoms with Gasteiger partial charge in [-0.15, -0.1) is 0 Å². The first-order valence-corrected chi connectivity index (χ1v) is 12.2. The van der Waals surface area contributed by atoms with Crippen LogP contribution in [0.4, 0.5) is 0 Å². The highest BCUT2D eigenvalue weighted by Crippen LogP contribution is 2.18. The van der Waals surface area contributed by atoms with E-state index < -0.39 is 35.8 Å². The van der Waals surface area contributed by atoms with Gasteiger partial charge in [0, 0.05) is 43.0 Å². The summed E-state index contributed by atoms with van der Waals surface area (Å²) >= 11 is 0. The Morgan fingerprint density at radius 3 is 2.53 bits per heavy atom. The number of rotatable bonds is 13. The van der Waals surface area contributed by atoms with E-state index >= 15 is 0 Å². The molecule has 1 unspecified atom stereocenters. The minimum absolute atomic E-state index is 0.0731. The van der Waals surface area contributed by atoms with Crippen molar-refractivity contribution in [2.75, 3.05) is 13.2 Å². The number of esters is 1. The second kappa shape index (κ2) is 13.6. The van der Waals surface area contributed by atoms with Crippen molar-refractivity contribution in [3.8, 4) is 0 Å². The Labute approximate surface area is 210 Å². The van der Waals surface area contributed by atoms with E-state index in [2.05, 4.69) is 21.1 Å². The highest BCUT2D eigenvalue weighted by molar-refractivity contribution is 5.97. The Morgan fingerprint density at radius 1 is 1.25 bits per heavy atom. The molecule has 0 bridgehead atoms. The number of Topliss-reactive ketones (excluding diaryl/α,β-unsaturated/α-hetero) is 1. The normalized spacial score (nSPS) is 17.9. The van der Waals surface area contributed by atoms with E-state index in [1.165, 1.54) is 18.2 Å². The molecule has 0 spiro atoms. The molecule has 11 heteroatoms. The number of carbonyl (C=O) groups is 5. The Bertz CT molecular complexity index is 985. The zero-order chi connectivity index (χ0) is 26.8. The quantitative estimate of drug-likeness (QED) is 0.269. The van der Waals surface area contributed by atoms with E-state index in [0.717, 1.165) is 0 Å². The van der Waals surface area contributed by atoms with Crippen molar-refractivity contribution in [1.82, 2.24) is 21.1 Å². The van der Waals surface area contributed by atoms with E-state index in [-0.39, 0.29) is 42.2 Å². The Balaban J connectivity index is 2.02. The summed E-state index contributed by atoms with van der Waals surface area (Å²) in [5.41, 5.74) is 0.0731. The summed E-state index contributed by atoms with van der Waals surface area (Å²) in [5.74, 6) is -2.62. The van der Waals surface area contributed by atoms with Gasteiger partial charge in [0.15, 0.2) is 11.5 Å². The van der Waals surface area contributed by atoms with Gasteiger partial charge in [-0.05, 0) is 32.6 Å². The fourth-order valence-electron chi connectivity index (χ4n) is 3.90. The molecule has 1 aromatic heterocycles. The largest absolute Gasteiger partial charge is 0.463 e. The number of aromatic nitrogens is 1. The molecule has 3 amide bonds. The van der Waals surface area contributed by atoms with Crippen LogP contribution in [0.1, 0.15) is 63.2 Å². The lowest BCUT2D eigenvalue weighted by Crippen LogP contribution is -2.46. The van der Waals surface area contributed by atoms with Crippen molar-refractivity contribution < 1.29 is 33.2 Å². The number of ketones is 1. The third-order valence-electron chi connectivity index (χ3n) is 5.90. The van der Waals surface area contributed by atoms with Crippen LogP contribution in [0.5, 0.6) is 0 Å². The van der Waals surface area contributed by atoms with Gasteiger partial charge in [0.1, 0.15) is 5.76 Å². The number of hydrogen-bond acceptors (Lipinski definition) is 8. The lowest BCUT2D eigenvalue weighted by atomic mass is 9.92. The van der Waals surface area contributed by atoms with E-state index in [1.807, 2.05) is 0 Å². The Morgan fingerprint density at radius 2 is 1.97 bits per heavy atom.